The summed E-state index contributed by atoms with van der Waals surface area (Å²) < 4.78 is 2.04. The summed E-state index contributed by atoms with van der Waals surface area (Å²) in [6.45, 7) is 5.63. The van der Waals surface area contributed by atoms with Crippen LogP contribution in [0.15, 0.2) is 24.5 Å². The van der Waals surface area contributed by atoms with E-state index in [9.17, 15) is 0 Å². The topological polar surface area (TPSA) is 21.1 Å². The van der Waals surface area contributed by atoms with Crippen molar-refractivity contribution >= 4 is 22.6 Å². The minimum Gasteiger partial charge on any atom is -0.334 e. The Kier molecular flexibility index (Phi) is 3.99. The predicted molar refractivity (Wildman–Crippen MR) is 84.1 cm³/mol. The first-order valence-corrected chi connectivity index (χ1v) is 7.84. The largest absolute Gasteiger partial charge is 0.334 e. The Hall–Kier alpha value is -1.06. The first-order chi connectivity index (χ1) is 9.63. The molecule has 3 nitrogen and oxygen atoms in total. The van der Waals surface area contributed by atoms with Crippen LogP contribution in [0.5, 0.6) is 0 Å². The normalized spacial score (nSPS) is 19.6. The van der Waals surface area contributed by atoms with Crippen molar-refractivity contribution in [1.82, 2.24) is 14.5 Å². The molecule has 3 rings (SSSR count). The monoisotopic (exact) mass is 291 g/mol. The first-order valence-electron chi connectivity index (χ1n) is 7.41. The molecule has 4 heteroatoms. The lowest BCUT2D eigenvalue weighted by molar-refractivity contribution is 0.192. The molecule has 1 aromatic carbocycles. The zero-order chi connectivity index (χ0) is 14.1. The Morgan fingerprint density at radius 2 is 2.10 bits per heavy atom. The molecule has 2 heterocycles. The summed E-state index contributed by atoms with van der Waals surface area (Å²) in [4.78, 5) is 6.90. The van der Waals surface area contributed by atoms with Crippen LogP contribution in [0.25, 0.3) is 11.0 Å². The first kappa shape index (κ1) is 13.9. The summed E-state index contributed by atoms with van der Waals surface area (Å²) in [5, 5.41) is 0.0508. The van der Waals surface area contributed by atoms with Crippen LogP contribution >= 0.6 is 11.6 Å². The number of rotatable bonds is 3. The van der Waals surface area contributed by atoms with Crippen molar-refractivity contribution in [3.63, 3.8) is 0 Å². The van der Waals surface area contributed by atoms with Crippen molar-refractivity contribution in [2.75, 3.05) is 19.6 Å². The van der Waals surface area contributed by atoms with Gasteiger partial charge < -0.3 is 9.47 Å². The van der Waals surface area contributed by atoms with Crippen LogP contribution in [0, 0.1) is 5.92 Å². The number of alkyl halides is 1. The second-order valence-electron chi connectivity index (χ2n) is 6.05. The molecule has 0 N–H and O–H groups in total. The van der Waals surface area contributed by atoms with Gasteiger partial charge in [-0.05, 0) is 49.5 Å². The quantitative estimate of drug-likeness (QED) is 0.806. The third-order valence-corrected chi connectivity index (χ3v) is 4.80. The number of benzene rings is 1. The van der Waals surface area contributed by atoms with Crippen LogP contribution in [0.2, 0.25) is 0 Å². The van der Waals surface area contributed by atoms with Gasteiger partial charge in [-0.15, -0.1) is 11.6 Å². The lowest BCUT2D eigenvalue weighted by atomic mass is 9.99. The fraction of sp³-hybridized carbons (Fsp3) is 0.562. The summed E-state index contributed by atoms with van der Waals surface area (Å²) in [5.74, 6) is 0.866. The van der Waals surface area contributed by atoms with Crippen LogP contribution < -0.4 is 0 Å². The molecule has 1 aliphatic heterocycles. The summed E-state index contributed by atoms with van der Waals surface area (Å²) in [6.07, 6.45) is 4.44. The number of fused-ring (bicyclic) bond motifs is 1. The number of halogens is 1. The van der Waals surface area contributed by atoms with E-state index in [4.69, 9.17) is 11.6 Å². The second-order valence-corrected chi connectivity index (χ2v) is 6.58. The highest BCUT2D eigenvalue weighted by molar-refractivity contribution is 6.21. The summed E-state index contributed by atoms with van der Waals surface area (Å²) in [7, 11) is 2.02. The van der Waals surface area contributed by atoms with Gasteiger partial charge in [0.05, 0.1) is 22.7 Å². The lowest BCUT2D eigenvalue weighted by Crippen LogP contribution is -2.35. The van der Waals surface area contributed by atoms with Gasteiger partial charge in [0.15, 0.2) is 0 Å². The number of hydrogen-bond donors (Lipinski definition) is 0. The van der Waals surface area contributed by atoms with E-state index in [1.54, 1.807) is 0 Å². The Balaban J connectivity index is 1.70. The lowest BCUT2D eigenvalue weighted by Gasteiger charge is -2.31. The minimum atomic E-state index is 0.0508. The Bertz CT molecular complexity index is 584. The van der Waals surface area contributed by atoms with Crippen molar-refractivity contribution in [2.24, 2.45) is 13.0 Å². The van der Waals surface area contributed by atoms with Gasteiger partial charge in [0.1, 0.15) is 0 Å². The average molecular weight is 292 g/mol. The number of aryl methyl sites for hydroxylation is 1. The average Bonchev–Trinajstić information content (AvgIpc) is 2.82. The van der Waals surface area contributed by atoms with Crippen LogP contribution in [0.3, 0.4) is 0 Å². The smallest absolute Gasteiger partial charge is 0.0955 e. The SMILES string of the molecule is CC1CCN(CC(Cl)c2ccc3c(c2)ncn3C)CC1. The number of hydrogen-bond acceptors (Lipinski definition) is 2. The van der Waals surface area contributed by atoms with Gasteiger partial charge in [0.25, 0.3) is 0 Å². The van der Waals surface area contributed by atoms with Gasteiger partial charge in [0, 0.05) is 13.6 Å². The molecule has 1 saturated heterocycles. The molecule has 2 aromatic rings. The molecule has 1 unspecified atom stereocenters. The van der Waals surface area contributed by atoms with Gasteiger partial charge in [-0.3, -0.25) is 0 Å². The molecule has 1 fully saturated rings. The molecular formula is C16H22ClN3. The number of nitrogens with zero attached hydrogens (tertiary/aromatic N) is 3. The van der Waals surface area contributed by atoms with Crippen LogP contribution in [-0.2, 0) is 7.05 Å². The van der Waals surface area contributed by atoms with E-state index in [1.165, 1.54) is 31.5 Å². The molecule has 0 radical (unpaired) electrons. The molecular weight excluding hydrogens is 270 g/mol. The Morgan fingerprint density at radius 3 is 2.85 bits per heavy atom. The third kappa shape index (κ3) is 2.84. The molecule has 0 saturated carbocycles. The van der Waals surface area contributed by atoms with E-state index in [-0.39, 0.29) is 5.38 Å². The van der Waals surface area contributed by atoms with Crippen LogP contribution in [0.1, 0.15) is 30.7 Å². The standard InChI is InChI=1S/C16H22ClN3/c1-12-5-7-20(8-6-12)10-14(17)13-3-4-16-15(9-13)18-11-19(16)2/h3-4,9,11-12,14H,5-8,10H2,1-2H3. The summed E-state index contributed by atoms with van der Waals surface area (Å²) in [6, 6.07) is 6.37. The van der Waals surface area contributed by atoms with Crippen LogP contribution in [-0.4, -0.2) is 34.1 Å². The van der Waals surface area contributed by atoms with Gasteiger partial charge in [-0.2, -0.15) is 0 Å². The van der Waals surface area contributed by atoms with E-state index in [1.807, 2.05) is 17.9 Å². The zero-order valence-corrected chi connectivity index (χ0v) is 13.0. The summed E-state index contributed by atoms with van der Waals surface area (Å²) >= 11 is 6.61. The number of likely N-dealkylation sites (tertiary alicyclic amines) is 1. The number of piperidine rings is 1. The summed E-state index contributed by atoms with van der Waals surface area (Å²) in [5.41, 5.74) is 3.36. The Labute approximate surface area is 125 Å². The van der Waals surface area contributed by atoms with Crippen LogP contribution in [0.4, 0.5) is 0 Å². The van der Waals surface area contributed by atoms with E-state index in [0.29, 0.717) is 0 Å². The minimum absolute atomic E-state index is 0.0508. The van der Waals surface area contributed by atoms with Crippen molar-refractivity contribution in [1.29, 1.82) is 0 Å². The fourth-order valence-electron chi connectivity index (χ4n) is 2.92. The maximum absolute atomic E-state index is 6.61. The molecule has 1 atom stereocenters. The van der Waals surface area contributed by atoms with Gasteiger partial charge in [-0.1, -0.05) is 13.0 Å². The van der Waals surface area contributed by atoms with Crippen molar-refractivity contribution in [3.8, 4) is 0 Å². The zero-order valence-electron chi connectivity index (χ0n) is 12.2. The maximum atomic E-state index is 6.61. The molecule has 20 heavy (non-hydrogen) atoms. The van der Waals surface area contributed by atoms with E-state index >= 15 is 0 Å². The molecule has 108 valence electrons. The van der Waals surface area contributed by atoms with Crippen molar-refractivity contribution < 1.29 is 0 Å². The number of imidazole rings is 1. The molecule has 0 bridgehead atoms. The van der Waals surface area contributed by atoms with E-state index in [2.05, 4.69) is 35.0 Å². The van der Waals surface area contributed by atoms with Gasteiger partial charge in [-0.25, -0.2) is 4.98 Å². The fourth-order valence-corrected chi connectivity index (χ4v) is 3.26. The van der Waals surface area contributed by atoms with Gasteiger partial charge in [0.2, 0.25) is 0 Å². The molecule has 0 amide bonds. The molecule has 1 aromatic heterocycles. The Morgan fingerprint density at radius 1 is 1.35 bits per heavy atom. The molecule has 0 aliphatic carbocycles. The molecule has 1 aliphatic rings. The molecule has 0 spiro atoms. The van der Waals surface area contributed by atoms with Gasteiger partial charge >= 0.3 is 0 Å². The number of aromatic nitrogens is 2. The van der Waals surface area contributed by atoms with E-state index in [0.717, 1.165) is 23.5 Å². The highest BCUT2D eigenvalue weighted by Crippen LogP contribution is 2.26. The highest BCUT2D eigenvalue weighted by Gasteiger charge is 2.19. The second kappa shape index (κ2) is 5.74. The third-order valence-electron chi connectivity index (χ3n) is 4.41. The van der Waals surface area contributed by atoms with Crippen molar-refractivity contribution in [2.45, 2.75) is 25.1 Å². The maximum Gasteiger partial charge on any atom is 0.0955 e. The highest BCUT2D eigenvalue weighted by atomic mass is 35.5. The van der Waals surface area contributed by atoms with Crippen molar-refractivity contribution in [3.05, 3.63) is 30.1 Å². The van der Waals surface area contributed by atoms with E-state index < -0.39 is 0 Å². The predicted octanol–water partition coefficient (Wildman–Crippen LogP) is 3.59.